The average Bonchev–Trinajstić information content (AvgIpc) is 2.75. The number of nitrogens with one attached hydrogen (secondary N) is 2. The molecule has 158 valence electrons. The van der Waals surface area contributed by atoms with Crippen molar-refractivity contribution in [1.82, 2.24) is 30.2 Å². The first kappa shape index (κ1) is 21.8. The fraction of sp³-hybridized carbons (Fsp3) is 0.778. The lowest BCUT2D eigenvalue weighted by molar-refractivity contribution is -0.120. The Balaban J connectivity index is 1.42. The van der Waals surface area contributed by atoms with Crippen molar-refractivity contribution in [3.05, 3.63) is 0 Å². The number of carbonyl (C=O) groups excluding carboxylic acids is 4. The Kier molecular flexibility index (Phi) is 9.36. The Morgan fingerprint density at radius 1 is 0.607 bits per heavy atom. The van der Waals surface area contributed by atoms with Gasteiger partial charge in [0.15, 0.2) is 0 Å². The molecule has 0 bridgehead atoms. The first-order valence-electron chi connectivity index (χ1n) is 10.1. The first-order valence-corrected chi connectivity index (χ1v) is 10.1. The molecule has 0 unspecified atom stereocenters. The van der Waals surface area contributed by atoms with Crippen LogP contribution in [0.5, 0.6) is 0 Å². The summed E-state index contributed by atoms with van der Waals surface area (Å²) in [5.41, 5.74) is 0. The molecule has 6 amide bonds. The van der Waals surface area contributed by atoms with E-state index in [1.165, 1.54) is 0 Å². The fourth-order valence-corrected chi connectivity index (χ4v) is 3.28. The van der Waals surface area contributed by atoms with Gasteiger partial charge in [-0.25, -0.2) is 9.59 Å². The van der Waals surface area contributed by atoms with Gasteiger partial charge in [-0.05, 0) is 12.8 Å². The number of piperazine rings is 2. The first-order chi connectivity index (χ1) is 13.6. The Morgan fingerprint density at radius 3 is 1.29 bits per heavy atom. The summed E-state index contributed by atoms with van der Waals surface area (Å²) >= 11 is 0. The van der Waals surface area contributed by atoms with Crippen molar-refractivity contribution < 1.29 is 19.2 Å². The number of unbranched alkanes of at least 4 members (excludes halogenated alkanes) is 3. The molecule has 0 radical (unpaired) electrons. The molecule has 0 spiro atoms. The molecule has 0 aromatic heterocycles. The Hall–Kier alpha value is -2.52. The van der Waals surface area contributed by atoms with E-state index in [9.17, 15) is 19.2 Å². The second kappa shape index (κ2) is 12.0. The predicted octanol–water partition coefficient (Wildman–Crippen LogP) is -0.486. The summed E-state index contributed by atoms with van der Waals surface area (Å²) < 4.78 is 0. The summed E-state index contributed by atoms with van der Waals surface area (Å²) in [6.45, 7) is 5.96. The van der Waals surface area contributed by atoms with Crippen LogP contribution in [0, 0.1) is 0 Å². The zero-order chi connectivity index (χ0) is 20.2. The van der Waals surface area contributed by atoms with Crippen LogP contribution in [0.2, 0.25) is 0 Å². The maximum atomic E-state index is 12.0. The van der Waals surface area contributed by atoms with Crippen LogP contribution in [0.25, 0.3) is 0 Å². The van der Waals surface area contributed by atoms with Gasteiger partial charge < -0.3 is 30.2 Å². The molecule has 0 saturated carbocycles. The van der Waals surface area contributed by atoms with Gasteiger partial charge in [0.05, 0.1) is 0 Å². The minimum Gasteiger partial charge on any atom is -0.342 e. The lowest BCUT2D eigenvalue weighted by Gasteiger charge is -2.32. The van der Waals surface area contributed by atoms with E-state index in [1.54, 1.807) is 19.6 Å². The van der Waals surface area contributed by atoms with Crippen molar-refractivity contribution in [3.8, 4) is 0 Å². The summed E-state index contributed by atoms with van der Waals surface area (Å²) in [5, 5.41) is 5.84. The van der Waals surface area contributed by atoms with Crippen LogP contribution in [0.4, 0.5) is 9.59 Å². The molecule has 2 fully saturated rings. The summed E-state index contributed by atoms with van der Waals surface area (Å²) in [6, 6.07) is -0.125. The van der Waals surface area contributed by atoms with Gasteiger partial charge in [-0.2, -0.15) is 0 Å². The van der Waals surface area contributed by atoms with Crippen LogP contribution in [0.1, 0.15) is 25.7 Å². The van der Waals surface area contributed by atoms with Gasteiger partial charge in [0.1, 0.15) is 0 Å². The van der Waals surface area contributed by atoms with Gasteiger partial charge in [0.25, 0.3) is 0 Å². The summed E-state index contributed by atoms with van der Waals surface area (Å²) in [7, 11) is 0. The standard InChI is InChI=1S/C18H32N6O4/c25-15-21-7-11-23(12-8-21)17(27)19-5-3-1-2-4-6-20-18(28)24-13-9-22(16-26)10-14-24/h15-16H,1-14H2,(H,19,27)(H,20,28). The highest BCUT2D eigenvalue weighted by Crippen LogP contribution is 2.03. The van der Waals surface area contributed by atoms with E-state index in [-0.39, 0.29) is 12.1 Å². The maximum Gasteiger partial charge on any atom is 0.317 e. The molecule has 0 aromatic rings. The summed E-state index contributed by atoms with van der Waals surface area (Å²) in [5.74, 6) is 0. The van der Waals surface area contributed by atoms with Crippen molar-refractivity contribution in [2.24, 2.45) is 0 Å². The molecule has 0 aliphatic carbocycles. The van der Waals surface area contributed by atoms with Crippen molar-refractivity contribution in [2.75, 3.05) is 65.4 Å². The third kappa shape index (κ3) is 7.24. The SMILES string of the molecule is O=CN1CCN(C(=O)NCCCCCCNC(=O)N2CCN(C=O)CC2)CC1. The fourth-order valence-electron chi connectivity index (χ4n) is 3.28. The molecule has 2 saturated heterocycles. The topological polar surface area (TPSA) is 105 Å². The molecule has 2 aliphatic rings. The zero-order valence-electron chi connectivity index (χ0n) is 16.5. The van der Waals surface area contributed by atoms with Gasteiger partial charge in [-0.1, -0.05) is 12.8 Å². The number of urea groups is 2. The molecule has 2 N–H and O–H groups in total. The third-order valence-electron chi connectivity index (χ3n) is 5.16. The maximum absolute atomic E-state index is 12.0. The molecular weight excluding hydrogens is 364 g/mol. The second-order valence-electron chi connectivity index (χ2n) is 7.13. The summed E-state index contributed by atoms with van der Waals surface area (Å²) in [6.07, 6.45) is 5.44. The van der Waals surface area contributed by atoms with E-state index < -0.39 is 0 Å². The van der Waals surface area contributed by atoms with E-state index in [0.717, 1.165) is 38.5 Å². The number of carbonyl (C=O) groups is 4. The number of amides is 6. The molecule has 0 atom stereocenters. The van der Waals surface area contributed by atoms with Crippen molar-refractivity contribution >= 4 is 24.9 Å². The molecule has 2 aliphatic heterocycles. The number of rotatable bonds is 9. The molecule has 0 aromatic carbocycles. The van der Waals surface area contributed by atoms with E-state index in [0.29, 0.717) is 65.4 Å². The van der Waals surface area contributed by atoms with E-state index >= 15 is 0 Å². The molecule has 10 heteroatoms. The highest BCUT2D eigenvalue weighted by atomic mass is 16.2. The quantitative estimate of drug-likeness (QED) is 0.405. The van der Waals surface area contributed by atoms with Gasteiger partial charge in [0.2, 0.25) is 12.8 Å². The van der Waals surface area contributed by atoms with E-state index in [4.69, 9.17) is 0 Å². The minimum atomic E-state index is -0.0625. The van der Waals surface area contributed by atoms with Crippen LogP contribution in [0.3, 0.4) is 0 Å². The normalized spacial score (nSPS) is 17.3. The largest absolute Gasteiger partial charge is 0.342 e. The van der Waals surface area contributed by atoms with Crippen molar-refractivity contribution in [2.45, 2.75) is 25.7 Å². The molecule has 28 heavy (non-hydrogen) atoms. The van der Waals surface area contributed by atoms with Crippen LogP contribution < -0.4 is 10.6 Å². The van der Waals surface area contributed by atoms with Gasteiger partial charge in [-0.3, -0.25) is 9.59 Å². The van der Waals surface area contributed by atoms with Crippen molar-refractivity contribution in [3.63, 3.8) is 0 Å². The Labute approximate surface area is 166 Å². The second-order valence-corrected chi connectivity index (χ2v) is 7.13. The zero-order valence-corrected chi connectivity index (χ0v) is 16.5. The molecule has 2 rings (SSSR count). The van der Waals surface area contributed by atoms with Gasteiger partial charge in [-0.15, -0.1) is 0 Å². The van der Waals surface area contributed by atoms with Gasteiger partial charge >= 0.3 is 12.1 Å². The number of nitrogens with zero attached hydrogens (tertiary/aromatic N) is 4. The van der Waals surface area contributed by atoms with Crippen LogP contribution in [0.15, 0.2) is 0 Å². The van der Waals surface area contributed by atoms with Gasteiger partial charge in [0, 0.05) is 65.4 Å². The molecule has 2 heterocycles. The smallest absolute Gasteiger partial charge is 0.317 e. The number of hydrogen-bond donors (Lipinski definition) is 2. The number of hydrogen-bond acceptors (Lipinski definition) is 4. The highest BCUT2D eigenvalue weighted by molar-refractivity contribution is 5.74. The average molecular weight is 396 g/mol. The minimum absolute atomic E-state index is 0.0625. The monoisotopic (exact) mass is 396 g/mol. The lowest BCUT2D eigenvalue weighted by Crippen LogP contribution is -2.51. The Bertz CT molecular complexity index is 470. The summed E-state index contributed by atoms with van der Waals surface area (Å²) in [4.78, 5) is 52.2. The van der Waals surface area contributed by atoms with Crippen molar-refractivity contribution in [1.29, 1.82) is 0 Å². The van der Waals surface area contributed by atoms with Crippen LogP contribution >= 0.6 is 0 Å². The molecular formula is C18H32N6O4. The van der Waals surface area contributed by atoms with Crippen LogP contribution in [-0.4, -0.2) is 110 Å². The van der Waals surface area contributed by atoms with E-state index in [1.807, 2.05) is 0 Å². The Morgan fingerprint density at radius 2 is 0.964 bits per heavy atom. The molecule has 10 nitrogen and oxygen atoms in total. The third-order valence-corrected chi connectivity index (χ3v) is 5.16. The lowest BCUT2D eigenvalue weighted by atomic mass is 10.2. The van der Waals surface area contributed by atoms with Crippen LogP contribution in [-0.2, 0) is 9.59 Å². The highest BCUT2D eigenvalue weighted by Gasteiger charge is 2.20. The van der Waals surface area contributed by atoms with E-state index in [2.05, 4.69) is 10.6 Å². The predicted molar refractivity (Wildman–Crippen MR) is 104 cm³/mol.